The van der Waals surface area contributed by atoms with Gasteiger partial charge in [0.2, 0.25) is 11.0 Å². The summed E-state index contributed by atoms with van der Waals surface area (Å²) in [5.74, 6) is 1.05. The van der Waals surface area contributed by atoms with E-state index in [0.29, 0.717) is 6.54 Å². The van der Waals surface area contributed by atoms with Gasteiger partial charge in [-0.25, -0.2) is 4.98 Å². The normalized spacial score (nSPS) is 17.7. The van der Waals surface area contributed by atoms with Crippen LogP contribution in [0.15, 0.2) is 0 Å². The van der Waals surface area contributed by atoms with Crippen LogP contribution in [0.2, 0.25) is 0 Å². The molecular formula is C15H26N4O2S. The van der Waals surface area contributed by atoms with E-state index >= 15 is 0 Å². The molecule has 2 rings (SSSR count). The maximum atomic E-state index is 12.3. The molecule has 6 nitrogen and oxygen atoms in total. The van der Waals surface area contributed by atoms with Crippen molar-refractivity contribution in [2.75, 3.05) is 31.1 Å². The van der Waals surface area contributed by atoms with Crippen LogP contribution in [0.4, 0.5) is 5.13 Å². The Balaban J connectivity index is 1.90. The van der Waals surface area contributed by atoms with Crippen LogP contribution < -0.4 is 4.90 Å². The summed E-state index contributed by atoms with van der Waals surface area (Å²) in [6, 6.07) is 0. The topological polar surface area (TPSA) is 69.6 Å². The van der Waals surface area contributed by atoms with Crippen LogP contribution in [-0.4, -0.2) is 57.6 Å². The number of aryl methyl sites for hydroxylation is 1. The molecule has 124 valence electrons. The van der Waals surface area contributed by atoms with Gasteiger partial charge in [0.25, 0.3) is 0 Å². The molecule has 22 heavy (non-hydrogen) atoms. The molecule has 0 spiro atoms. The first kappa shape index (κ1) is 17.1. The molecule has 1 amide bonds. The lowest BCUT2D eigenvalue weighted by Gasteiger charge is -2.23. The fraction of sp³-hybridized carbons (Fsp3) is 0.800. The summed E-state index contributed by atoms with van der Waals surface area (Å²) in [6.45, 7) is 9.03. The minimum atomic E-state index is -0.554. The Morgan fingerprint density at radius 1 is 1.32 bits per heavy atom. The summed E-state index contributed by atoms with van der Waals surface area (Å²) in [5.41, 5.74) is 0. The molecule has 1 fully saturated rings. The third-order valence-electron chi connectivity index (χ3n) is 4.05. The van der Waals surface area contributed by atoms with Crippen molar-refractivity contribution in [2.45, 2.75) is 46.1 Å². The van der Waals surface area contributed by atoms with Crippen LogP contribution in [0.25, 0.3) is 0 Å². The van der Waals surface area contributed by atoms with E-state index in [1.54, 1.807) is 0 Å². The van der Waals surface area contributed by atoms with E-state index in [9.17, 15) is 9.90 Å². The van der Waals surface area contributed by atoms with Crippen molar-refractivity contribution in [1.29, 1.82) is 0 Å². The number of aliphatic hydroxyl groups excluding tert-OH is 1. The second-order valence-corrected chi connectivity index (χ2v) is 6.81. The molecule has 1 aliphatic heterocycles. The zero-order valence-corrected chi connectivity index (χ0v) is 14.5. The molecule has 7 heteroatoms. The summed E-state index contributed by atoms with van der Waals surface area (Å²) in [4.78, 5) is 20.9. The van der Waals surface area contributed by atoms with Crippen molar-refractivity contribution >= 4 is 22.6 Å². The van der Waals surface area contributed by atoms with E-state index in [0.717, 1.165) is 43.4 Å². The molecule has 0 aliphatic carbocycles. The quantitative estimate of drug-likeness (QED) is 0.889. The fourth-order valence-corrected chi connectivity index (χ4v) is 3.22. The summed E-state index contributed by atoms with van der Waals surface area (Å²) < 4.78 is 4.33. The summed E-state index contributed by atoms with van der Waals surface area (Å²) in [6.07, 6.45) is 1.44. The average molecular weight is 326 g/mol. The Bertz CT molecular complexity index is 492. The lowest BCUT2D eigenvalue weighted by Crippen LogP contribution is -2.37. The third-order valence-corrected chi connectivity index (χ3v) is 4.86. The molecular weight excluding hydrogens is 300 g/mol. The molecule has 1 N–H and O–H groups in total. The molecule has 1 atom stereocenters. The molecule has 1 aromatic heterocycles. The summed E-state index contributed by atoms with van der Waals surface area (Å²) in [5, 5.41) is 10.8. The van der Waals surface area contributed by atoms with Crippen molar-refractivity contribution in [3.05, 3.63) is 5.82 Å². The molecule has 0 bridgehead atoms. The van der Waals surface area contributed by atoms with Gasteiger partial charge in [0.15, 0.2) is 0 Å². The molecule has 0 saturated carbocycles. The van der Waals surface area contributed by atoms with Crippen molar-refractivity contribution in [3.8, 4) is 0 Å². The van der Waals surface area contributed by atoms with E-state index in [2.05, 4.69) is 21.2 Å². The molecule has 2 heterocycles. The third kappa shape index (κ3) is 4.39. The summed E-state index contributed by atoms with van der Waals surface area (Å²) >= 11 is 1.44. The lowest BCUT2D eigenvalue weighted by molar-refractivity contribution is -0.133. The predicted octanol–water partition coefficient (Wildman–Crippen LogP) is 1.55. The van der Waals surface area contributed by atoms with Crippen LogP contribution in [0.5, 0.6) is 0 Å². The van der Waals surface area contributed by atoms with Crippen molar-refractivity contribution in [1.82, 2.24) is 14.3 Å². The number of anilines is 1. The van der Waals surface area contributed by atoms with Gasteiger partial charge in [-0.1, -0.05) is 20.8 Å². The minimum Gasteiger partial charge on any atom is -0.392 e. The van der Waals surface area contributed by atoms with Gasteiger partial charge >= 0.3 is 0 Å². The van der Waals surface area contributed by atoms with Gasteiger partial charge in [-0.15, -0.1) is 0 Å². The van der Waals surface area contributed by atoms with Crippen molar-refractivity contribution in [3.63, 3.8) is 0 Å². The van der Waals surface area contributed by atoms with Crippen molar-refractivity contribution < 1.29 is 9.90 Å². The fourth-order valence-electron chi connectivity index (χ4n) is 2.42. The first-order valence-electron chi connectivity index (χ1n) is 8.04. The first-order chi connectivity index (χ1) is 10.5. The number of aromatic nitrogens is 2. The number of hydrogen-bond donors (Lipinski definition) is 1. The zero-order chi connectivity index (χ0) is 16.1. The number of aliphatic hydroxyl groups is 1. The summed E-state index contributed by atoms with van der Waals surface area (Å²) in [7, 11) is 0. The predicted molar refractivity (Wildman–Crippen MR) is 88.2 cm³/mol. The molecule has 1 unspecified atom stereocenters. The maximum Gasteiger partial charge on any atom is 0.225 e. The number of amides is 1. The Labute approximate surface area is 136 Å². The first-order valence-corrected chi connectivity index (χ1v) is 8.82. The second-order valence-electron chi connectivity index (χ2n) is 6.08. The van der Waals surface area contributed by atoms with Gasteiger partial charge in [-0.2, -0.15) is 4.37 Å². The highest BCUT2D eigenvalue weighted by molar-refractivity contribution is 7.09. The highest BCUT2D eigenvalue weighted by atomic mass is 32.1. The second kappa shape index (κ2) is 7.87. The number of carbonyl (C=O) groups excluding carboxylic acids is 1. The molecule has 1 aromatic rings. The monoisotopic (exact) mass is 326 g/mol. The number of rotatable bonds is 5. The van der Waals surface area contributed by atoms with Gasteiger partial charge in [0, 0.05) is 44.1 Å². The Morgan fingerprint density at radius 2 is 2.09 bits per heavy atom. The van der Waals surface area contributed by atoms with Crippen LogP contribution in [0.1, 0.15) is 39.4 Å². The number of carbonyl (C=O) groups is 1. The molecule has 0 aromatic carbocycles. The van der Waals surface area contributed by atoms with E-state index in [1.165, 1.54) is 11.5 Å². The molecule has 1 saturated heterocycles. The Hall–Kier alpha value is -1.21. The highest BCUT2D eigenvalue weighted by Gasteiger charge is 2.23. The number of nitrogens with zero attached hydrogens (tertiary/aromatic N) is 4. The lowest BCUT2D eigenvalue weighted by atomic mass is 10.0. The molecule has 0 radical (unpaired) electrons. The van der Waals surface area contributed by atoms with Gasteiger partial charge in [0.1, 0.15) is 5.82 Å². The SMILES string of the molecule is CCc1nsc(N2CCCN(C(=O)CC(O)C(C)C)CC2)n1. The van der Waals surface area contributed by atoms with Gasteiger partial charge in [-0.3, -0.25) is 4.79 Å². The Morgan fingerprint density at radius 3 is 2.73 bits per heavy atom. The maximum absolute atomic E-state index is 12.3. The zero-order valence-electron chi connectivity index (χ0n) is 13.7. The Kier molecular flexibility index (Phi) is 6.14. The minimum absolute atomic E-state index is 0.0505. The standard InChI is InChI=1S/C15H26N4O2S/c1-4-13-16-15(22-17-13)19-7-5-6-18(8-9-19)14(21)10-12(20)11(2)3/h11-12,20H,4-10H2,1-3H3. The van der Waals surface area contributed by atoms with Crippen molar-refractivity contribution in [2.24, 2.45) is 5.92 Å². The van der Waals surface area contributed by atoms with E-state index in [-0.39, 0.29) is 18.2 Å². The van der Waals surface area contributed by atoms with Crippen LogP contribution in [0.3, 0.4) is 0 Å². The highest BCUT2D eigenvalue weighted by Crippen LogP contribution is 2.20. The average Bonchev–Trinajstić information content (AvgIpc) is 2.83. The van der Waals surface area contributed by atoms with Gasteiger partial charge < -0.3 is 14.9 Å². The van der Waals surface area contributed by atoms with Crippen LogP contribution in [0, 0.1) is 5.92 Å². The van der Waals surface area contributed by atoms with Crippen LogP contribution in [-0.2, 0) is 11.2 Å². The molecule has 1 aliphatic rings. The van der Waals surface area contributed by atoms with Gasteiger partial charge in [0.05, 0.1) is 12.5 Å². The van der Waals surface area contributed by atoms with Crippen LogP contribution >= 0.6 is 11.5 Å². The largest absolute Gasteiger partial charge is 0.392 e. The van der Waals surface area contributed by atoms with E-state index < -0.39 is 6.10 Å². The number of hydrogen-bond acceptors (Lipinski definition) is 6. The smallest absolute Gasteiger partial charge is 0.225 e. The van der Waals surface area contributed by atoms with E-state index in [1.807, 2.05) is 18.7 Å². The van der Waals surface area contributed by atoms with Gasteiger partial charge in [-0.05, 0) is 12.3 Å². The van der Waals surface area contributed by atoms with E-state index in [4.69, 9.17) is 0 Å².